The number of nitrogens with one attached hydrogen (secondary N) is 1. The maximum atomic E-state index is 12.1. The third-order valence-electron chi connectivity index (χ3n) is 3.32. The SMILES string of the molecule is NC1CC(NC(=O)c2cccc3c2OCCO3)C1. The quantitative estimate of drug-likeness (QED) is 0.807. The van der Waals surface area contributed by atoms with Crippen LogP contribution >= 0.6 is 0 Å². The van der Waals surface area contributed by atoms with Gasteiger partial charge in [-0.15, -0.1) is 0 Å². The molecule has 0 atom stereocenters. The van der Waals surface area contributed by atoms with Crippen molar-refractivity contribution in [1.29, 1.82) is 0 Å². The molecule has 0 unspecified atom stereocenters. The predicted octanol–water partition coefficient (Wildman–Crippen LogP) is 0.677. The molecule has 5 nitrogen and oxygen atoms in total. The van der Waals surface area contributed by atoms with E-state index in [1.807, 2.05) is 6.07 Å². The van der Waals surface area contributed by atoms with Gasteiger partial charge in [0, 0.05) is 12.1 Å². The number of carbonyl (C=O) groups is 1. The Balaban J connectivity index is 1.77. The summed E-state index contributed by atoms with van der Waals surface area (Å²) >= 11 is 0. The normalized spacial score (nSPS) is 25.2. The summed E-state index contributed by atoms with van der Waals surface area (Å²) in [6, 6.07) is 5.77. The molecule has 1 aliphatic heterocycles. The van der Waals surface area contributed by atoms with Gasteiger partial charge in [-0.2, -0.15) is 0 Å². The molecule has 0 aromatic heterocycles. The van der Waals surface area contributed by atoms with Crippen LogP contribution in [0.25, 0.3) is 0 Å². The van der Waals surface area contributed by atoms with Crippen molar-refractivity contribution in [1.82, 2.24) is 5.32 Å². The Bertz CT molecular complexity index is 469. The summed E-state index contributed by atoms with van der Waals surface area (Å²) in [5.74, 6) is 1.07. The zero-order chi connectivity index (χ0) is 12.5. The Labute approximate surface area is 105 Å². The summed E-state index contributed by atoms with van der Waals surface area (Å²) in [7, 11) is 0. The predicted molar refractivity (Wildman–Crippen MR) is 65.9 cm³/mol. The summed E-state index contributed by atoms with van der Waals surface area (Å²) < 4.78 is 11.0. The first-order chi connectivity index (χ1) is 8.74. The highest BCUT2D eigenvalue weighted by Crippen LogP contribution is 2.33. The molecule has 1 amide bonds. The lowest BCUT2D eigenvalue weighted by Crippen LogP contribution is -2.50. The van der Waals surface area contributed by atoms with Gasteiger partial charge in [-0.3, -0.25) is 4.79 Å². The number of para-hydroxylation sites is 1. The lowest BCUT2D eigenvalue weighted by molar-refractivity contribution is 0.0899. The number of hydrogen-bond donors (Lipinski definition) is 2. The van der Waals surface area contributed by atoms with Crippen molar-refractivity contribution in [3.8, 4) is 11.5 Å². The Hall–Kier alpha value is -1.75. The molecular weight excluding hydrogens is 232 g/mol. The molecule has 1 aliphatic carbocycles. The lowest BCUT2D eigenvalue weighted by atomic mass is 9.87. The van der Waals surface area contributed by atoms with Crippen molar-refractivity contribution < 1.29 is 14.3 Å². The zero-order valence-corrected chi connectivity index (χ0v) is 10.0. The van der Waals surface area contributed by atoms with Gasteiger partial charge in [-0.05, 0) is 25.0 Å². The number of hydrogen-bond acceptors (Lipinski definition) is 4. The van der Waals surface area contributed by atoms with Crippen LogP contribution in [0.5, 0.6) is 11.5 Å². The van der Waals surface area contributed by atoms with Crippen LogP contribution in [-0.4, -0.2) is 31.2 Å². The monoisotopic (exact) mass is 248 g/mol. The molecule has 0 spiro atoms. The molecule has 1 fully saturated rings. The van der Waals surface area contributed by atoms with Crippen molar-refractivity contribution >= 4 is 5.91 Å². The maximum Gasteiger partial charge on any atom is 0.255 e. The largest absolute Gasteiger partial charge is 0.486 e. The first-order valence-corrected chi connectivity index (χ1v) is 6.19. The van der Waals surface area contributed by atoms with E-state index in [0.29, 0.717) is 30.3 Å². The fraction of sp³-hybridized carbons (Fsp3) is 0.462. The third-order valence-corrected chi connectivity index (χ3v) is 3.32. The number of rotatable bonds is 2. The average Bonchev–Trinajstić information content (AvgIpc) is 2.36. The van der Waals surface area contributed by atoms with Crippen LogP contribution in [0.2, 0.25) is 0 Å². The molecule has 1 aromatic rings. The molecule has 96 valence electrons. The topological polar surface area (TPSA) is 73.6 Å². The van der Waals surface area contributed by atoms with E-state index < -0.39 is 0 Å². The highest BCUT2D eigenvalue weighted by molar-refractivity contribution is 5.98. The number of carbonyl (C=O) groups excluding carboxylic acids is 1. The number of ether oxygens (including phenoxy) is 2. The van der Waals surface area contributed by atoms with Gasteiger partial charge in [-0.25, -0.2) is 0 Å². The fourth-order valence-corrected chi connectivity index (χ4v) is 2.30. The lowest BCUT2D eigenvalue weighted by Gasteiger charge is -2.33. The smallest absolute Gasteiger partial charge is 0.255 e. The summed E-state index contributed by atoms with van der Waals surface area (Å²) in [6.45, 7) is 1.00. The number of benzene rings is 1. The minimum absolute atomic E-state index is 0.116. The molecule has 0 saturated heterocycles. The van der Waals surface area contributed by atoms with Crippen molar-refractivity contribution in [3.05, 3.63) is 23.8 Å². The highest BCUT2D eigenvalue weighted by Gasteiger charge is 2.29. The molecule has 5 heteroatoms. The van der Waals surface area contributed by atoms with Gasteiger partial charge >= 0.3 is 0 Å². The molecule has 3 rings (SSSR count). The molecule has 18 heavy (non-hydrogen) atoms. The van der Waals surface area contributed by atoms with Crippen LogP contribution in [0.3, 0.4) is 0 Å². The van der Waals surface area contributed by atoms with Gasteiger partial charge in [0.1, 0.15) is 13.2 Å². The second kappa shape index (κ2) is 4.49. The van der Waals surface area contributed by atoms with Crippen LogP contribution in [-0.2, 0) is 0 Å². The van der Waals surface area contributed by atoms with Crippen LogP contribution in [0, 0.1) is 0 Å². The summed E-state index contributed by atoms with van der Waals surface area (Å²) in [5.41, 5.74) is 6.23. The second-order valence-electron chi connectivity index (χ2n) is 4.73. The van der Waals surface area contributed by atoms with E-state index in [1.54, 1.807) is 12.1 Å². The van der Waals surface area contributed by atoms with Crippen LogP contribution in [0.4, 0.5) is 0 Å². The Morgan fingerprint density at radius 3 is 2.83 bits per heavy atom. The van der Waals surface area contributed by atoms with Crippen LogP contribution in [0.15, 0.2) is 18.2 Å². The first kappa shape index (κ1) is 11.3. The van der Waals surface area contributed by atoms with Gasteiger partial charge < -0.3 is 20.5 Å². The van der Waals surface area contributed by atoms with Gasteiger partial charge in [0.05, 0.1) is 5.56 Å². The highest BCUT2D eigenvalue weighted by atomic mass is 16.6. The summed E-state index contributed by atoms with van der Waals surface area (Å²) in [5, 5.41) is 2.96. The molecule has 1 aromatic carbocycles. The summed E-state index contributed by atoms with van der Waals surface area (Å²) in [4.78, 5) is 12.1. The number of amides is 1. The van der Waals surface area contributed by atoms with E-state index in [0.717, 1.165) is 12.8 Å². The van der Waals surface area contributed by atoms with E-state index in [2.05, 4.69) is 5.32 Å². The average molecular weight is 248 g/mol. The molecular formula is C13H16N2O3. The molecule has 0 bridgehead atoms. The van der Waals surface area contributed by atoms with Crippen LogP contribution in [0.1, 0.15) is 23.2 Å². The molecule has 2 aliphatic rings. The Morgan fingerprint density at radius 1 is 1.28 bits per heavy atom. The van der Waals surface area contributed by atoms with E-state index in [1.165, 1.54) is 0 Å². The fourth-order valence-electron chi connectivity index (χ4n) is 2.30. The zero-order valence-electron chi connectivity index (χ0n) is 10.0. The minimum atomic E-state index is -0.116. The molecule has 1 saturated carbocycles. The van der Waals surface area contributed by atoms with E-state index in [-0.39, 0.29) is 18.0 Å². The Morgan fingerprint density at radius 2 is 2.06 bits per heavy atom. The second-order valence-corrected chi connectivity index (χ2v) is 4.73. The van der Waals surface area contributed by atoms with E-state index in [4.69, 9.17) is 15.2 Å². The van der Waals surface area contributed by atoms with Crippen molar-refractivity contribution in [2.45, 2.75) is 24.9 Å². The van der Waals surface area contributed by atoms with Crippen LogP contribution < -0.4 is 20.5 Å². The van der Waals surface area contributed by atoms with E-state index in [9.17, 15) is 4.79 Å². The van der Waals surface area contributed by atoms with Crippen molar-refractivity contribution in [3.63, 3.8) is 0 Å². The van der Waals surface area contributed by atoms with Gasteiger partial charge in [-0.1, -0.05) is 6.07 Å². The Kier molecular flexibility index (Phi) is 2.83. The summed E-state index contributed by atoms with van der Waals surface area (Å²) in [6.07, 6.45) is 1.69. The standard InChI is InChI=1S/C13H16N2O3/c14-8-6-9(7-8)15-13(16)10-2-1-3-11-12(10)18-5-4-17-11/h1-3,8-9H,4-7,14H2,(H,15,16). The molecule has 0 radical (unpaired) electrons. The van der Waals surface area contributed by atoms with Crippen molar-refractivity contribution in [2.75, 3.05) is 13.2 Å². The number of nitrogens with two attached hydrogens (primary N) is 1. The first-order valence-electron chi connectivity index (χ1n) is 6.19. The number of fused-ring (bicyclic) bond motifs is 1. The van der Waals surface area contributed by atoms with Gasteiger partial charge in [0.15, 0.2) is 11.5 Å². The molecule has 1 heterocycles. The van der Waals surface area contributed by atoms with Gasteiger partial charge in [0.2, 0.25) is 0 Å². The van der Waals surface area contributed by atoms with Gasteiger partial charge in [0.25, 0.3) is 5.91 Å². The minimum Gasteiger partial charge on any atom is -0.486 e. The van der Waals surface area contributed by atoms with Crippen molar-refractivity contribution in [2.24, 2.45) is 5.73 Å². The molecule has 3 N–H and O–H groups in total. The van der Waals surface area contributed by atoms with E-state index >= 15 is 0 Å². The third kappa shape index (κ3) is 2.01. The maximum absolute atomic E-state index is 12.1.